The van der Waals surface area contributed by atoms with E-state index in [-0.39, 0.29) is 11.8 Å². The van der Waals surface area contributed by atoms with Crippen LogP contribution >= 0.6 is 0 Å². The van der Waals surface area contributed by atoms with E-state index in [4.69, 9.17) is 4.74 Å². The zero-order valence-corrected chi connectivity index (χ0v) is 7.71. The van der Waals surface area contributed by atoms with Crippen molar-refractivity contribution in [3.8, 4) is 0 Å². The lowest BCUT2D eigenvalue weighted by Crippen LogP contribution is -2.33. The summed E-state index contributed by atoms with van der Waals surface area (Å²) in [7, 11) is 0. The highest BCUT2D eigenvalue weighted by Crippen LogP contribution is 2.16. The molecule has 72 valence electrons. The largest absolute Gasteiger partial charge is 0.490 e. The molecule has 1 atom stereocenters. The number of carbonyl (C=O) groups excluding carboxylic acids is 1. The number of hydrogen-bond donors (Lipinski definition) is 1. The quantitative estimate of drug-likeness (QED) is 0.690. The molecule has 0 spiro atoms. The molecule has 0 aromatic carbocycles. The van der Waals surface area contributed by atoms with Gasteiger partial charge in [0.05, 0.1) is 12.6 Å². The number of nitrogens with one attached hydrogen (secondary N) is 1. The van der Waals surface area contributed by atoms with Gasteiger partial charge >= 0.3 is 0 Å². The molecule has 13 heavy (non-hydrogen) atoms. The predicted molar refractivity (Wildman–Crippen MR) is 49.3 cm³/mol. The zero-order chi connectivity index (χ0) is 9.10. The van der Waals surface area contributed by atoms with Crippen LogP contribution in [0.4, 0.5) is 0 Å². The van der Waals surface area contributed by atoms with Gasteiger partial charge in [0.1, 0.15) is 0 Å². The van der Waals surface area contributed by atoms with Crippen LogP contribution in [0.2, 0.25) is 0 Å². The number of rotatable bonds is 2. The van der Waals surface area contributed by atoms with Gasteiger partial charge < -0.3 is 10.1 Å². The highest BCUT2D eigenvalue weighted by molar-refractivity contribution is 5.97. The number of ether oxygens (including phenoxy) is 1. The van der Waals surface area contributed by atoms with Gasteiger partial charge in [0.2, 0.25) is 5.78 Å². The molecule has 0 bridgehead atoms. The van der Waals surface area contributed by atoms with Crippen molar-refractivity contribution in [2.75, 3.05) is 13.2 Å². The second-order valence-electron chi connectivity index (χ2n) is 3.57. The van der Waals surface area contributed by atoms with E-state index in [9.17, 15) is 4.79 Å². The molecule has 0 amide bonds. The van der Waals surface area contributed by atoms with E-state index in [0.717, 1.165) is 32.2 Å². The highest BCUT2D eigenvalue weighted by Gasteiger charge is 2.26. The summed E-state index contributed by atoms with van der Waals surface area (Å²) in [6.45, 7) is 1.66. The molecule has 3 nitrogen and oxygen atoms in total. The minimum atomic E-state index is 0.0179. The summed E-state index contributed by atoms with van der Waals surface area (Å²) < 4.78 is 5.32. The Kier molecular flexibility index (Phi) is 2.64. The Balaban J connectivity index is 1.98. The monoisotopic (exact) mass is 181 g/mol. The first-order valence-corrected chi connectivity index (χ1v) is 4.98. The zero-order valence-electron chi connectivity index (χ0n) is 7.71. The van der Waals surface area contributed by atoms with Crippen LogP contribution in [-0.2, 0) is 9.53 Å². The van der Waals surface area contributed by atoms with Crippen molar-refractivity contribution >= 4 is 5.78 Å². The third-order valence-corrected chi connectivity index (χ3v) is 2.56. The number of hydrogen-bond acceptors (Lipinski definition) is 3. The van der Waals surface area contributed by atoms with Gasteiger partial charge in [-0.05, 0) is 38.3 Å². The number of Topliss-reactive ketones (excluding diaryl/α,β-unsaturated/α-hetero) is 1. The SMILES string of the molecule is O=C(C1=CCCCO1)C1CCCN1. The van der Waals surface area contributed by atoms with E-state index < -0.39 is 0 Å². The molecular weight excluding hydrogens is 166 g/mol. The maximum Gasteiger partial charge on any atom is 0.213 e. The predicted octanol–water partition coefficient (Wildman–Crippen LogP) is 1.00. The molecule has 0 aromatic heterocycles. The van der Waals surface area contributed by atoms with E-state index in [1.54, 1.807) is 0 Å². The van der Waals surface area contributed by atoms with Crippen molar-refractivity contribution in [3.63, 3.8) is 0 Å². The van der Waals surface area contributed by atoms with Gasteiger partial charge in [0.25, 0.3) is 0 Å². The van der Waals surface area contributed by atoms with Crippen LogP contribution in [-0.4, -0.2) is 25.0 Å². The Morgan fingerprint density at radius 2 is 2.46 bits per heavy atom. The first kappa shape index (κ1) is 8.75. The first-order chi connectivity index (χ1) is 6.38. The van der Waals surface area contributed by atoms with Gasteiger partial charge in [-0.3, -0.25) is 4.79 Å². The Labute approximate surface area is 78.1 Å². The third kappa shape index (κ3) is 1.91. The van der Waals surface area contributed by atoms with E-state index in [0.29, 0.717) is 12.4 Å². The summed E-state index contributed by atoms with van der Waals surface area (Å²) in [5.41, 5.74) is 0. The maximum atomic E-state index is 11.7. The Bertz CT molecular complexity index is 229. The molecule has 1 fully saturated rings. The molecule has 1 N–H and O–H groups in total. The summed E-state index contributed by atoms with van der Waals surface area (Å²) in [4.78, 5) is 11.7. The molecule has 1 unspecified atom stereocenters. The minimum absolute atomic E-state index is 0.0179. The van der Waals surface area contributed by atoms with E-state index in [1.807, 2.05) is 6.08 Å². The van der Waals surface area contributed by atoms with E-state index in [1.165, 1.54) is 0 Å². The smallest absolute Gasteiger partial charge is 0.213 e. The van der Waals surface area contributed by atoms with Crippen LogP contribution in [0.1, 0.15) is 25.7 Å². The number of ketones is 1. The Morgan fingerprint density at radius 3 is 3.08 bits per heavy atom. The van der Waals surface area contributed by atoms with Crippen molar-refractivity contribution in [1.82, 2.24) is 5.32 Å². The first-order valence-electron chi connectivity index (χ1n) is 4.98. The van der Waals surface area contributed by atoms with Gasteiger partial charge in [0.15, 0.2) is 5.76 Å². The molecule has 0 saturated carbocycles. The molecule has 2 heterocycles. The average molecular weight is 181 g/mol. The molecule has 2 rings (SSSR count). The molecule has 0 aliphatic carbocycles. The molecular formula is C10H15NO2. The van der Waals surface area contributed by atoms with Crippen LogP contribution in [0, 0.1) is 0 Å². The molecule has 2 aliphatic heterocycles. The normalized spacial score (nSPS) is 28.0. The lowest BCUT2D eigenvalue weighted by atomic mass is 10.1. The molecule has 3 heteroatoms. The number of carbonyl (C=O) groups is 1. The van der Waals surface area contributed by atoms with Crippen LogP contribution in [0.25, 0.3) is 0 Å². The molecule has 2 aliphatic rings. The summed E-state index contributed by atoms with van der Waals surface area (Å²) in [6.07, 6.45) is 6.00. The van der Waals surface area contributed by atoms with Gasteiger partial charge in [0, 0.05) is 0 Å². The van der Waals surface area contributed by atoms with Crippen LogP contribution in [0.15, 0.2) is 11.8 Å². The fourth-order valence-corrected chi connectivity index (χ4v) is 1.81. The van der Waals surface area contributed by atoms with Crippen LogP contribution in [0.5, 0.6) is 0 Å². The van der Waals surface area contributed by atoms with Crippen molar-refractivity contribution in [2.24, 2.45) is 0 Å². The lowest BCUT2D eigenvalue weighted by Gasteiger charge is -2.16. The maximum absolute atomic E-state index is 11.7. The second-order valence-corrected chi connectivity index (χ2v) is 3.57. The Hall–Kier alpha value is -0.830. The fourth-order valence-electron chi connectivity index (χ4n) is 1.81. The lowest BCUT2D eigenvalue weighted by molar-refractivity contribution is -0.120. The van der Waals surface area contributed by atoms with Crippen LogP contribution < -0.4 is 5.32 Å². The van der Waals surface area contributed by atoms with Gasteiger partial charge in [-0.25, -0.2) is 0 Å². The minimum Gasteiger partial charge on any atom is -0.490 e. The molecule has 1 saturated heterocycles. The van der Waals surface area contributed by atoms with Crippen molar-refractivity contribution in [1.29, 1.82) is 0 Å². The average Bonchev–Trinajstić information content (AvgIpc) is 2.71. The second kappa shape index (κ2) is 3.92. The van der Waals surface area contributed by atoms with Crippen LogP contribution in [0.3, 0.4) is 0 Å². The molecule has 0 aromatic rings. The summed E-state index contributed by atoms with van der Waals surface area (Å²) in [5.74, 6) is 0.739. The fraction of sp³-hybridized carbons (Fsp3) is 0.700. The van der Waals surface area contributed by atoms with Gasteiger partial charge in [-0.15, -0.1) is 0 Å². The van der Waals surface area contributed by atoms with E-state index >= 15 is 0 Å². The Morgan fingerprint density at radius 1 is 1.54 bits per heavy atom. The van der Waals surface area contributed by atoms with Crippen molar-refractivity contribution in [2.45, 2.75) is 31.7 Å². The topological polar surface area (TPSA) is 38.3 Å². The third-order valence-electron chi connectivity index (χ3n) is 2.56. The highest BCUT2D eigenvalue weighted by atomic mass is 16.5. The summed E-state index contributed by atoms with van der Waals surface area (Å²) in [6, 6.07) is 0.0179. The summed E-state index contributed by atoms with van der Waals surface area (Å²) in [5, 5.41) is 3.18. The summed E-state index contributed by atoms with van der Waals surface area (Å²) >= 11 is 0. The van der Waals surface area contributed by atoms with E-state index in [2.05, 4.69) is 5.32 Å². The standard InChI is InChI=1S/C10H15NO2/c12-10(8-4-3-6-11-8)9-5-1-2-7-13-9/h5,8,11H,1-4,6-7H2. The number of allylic oxidation sites excluding steroid dienone is 1. The molecule has 0 radical (unpaired) electrons. The van der Waals surface area contributed by atoms with Crippen molar-refractivity contribution < 1.29 is 9.53 Å². The van der Waals surface area contributed by atoms with Crippen molar-refractivity contribution in [3.05, 3.63) is 11.8 Å². The van der Waals surface area contributed by atoms with Gasteiger partial charge in [-0.1, -0.05) is 0 Å². The van der Waals surface area contributed by atoms with Gasteiger partial charge in [-0.2, -0.15) is 0 Å².